The van der Waals surface area contributed by atoms with Crippen LogP contribution in [0.1, 0.15) is 58.5 Å². The summed E-state index contributed by atoms with van der Waals surface area (Å²) in [5.74, 6) is -1.06. The topological polar surface area (TPSA) is 71.1 Å². The maximum Gasteiger partial charge on any atom is 0.269 e. The van der Waals surface area contributed by atoms with Crippen LogP contribution >= 0.6 is 0 Å². The fourth-order valence-electron chi connectivity index (χ4n) is 3.17. The van der Waals surface area contributed by atoms with Gasteiger partial charge in [0.15, 0.2) is 0 Å². The monoisotopic (exact) mass is 381 g/mol. The normalized spacial score (nSPS) is 13.5. The van der Waals surface area contributed by atoms with E-state index in [1.807, 2.05) is 0 Å². The van der Waals surface area contributed by atoms with E-state index >= 15 is 0 Å². The Labute approximate surface area is 164 Å². The number of aromatic nitrogens is 1. The summed E-state index contributed by atoms with van der Waals surface area (Å²) in [7, 11) is 0. The number of hydrogen-bond donors (Lipinski definition) is 2. The molecule has 0 saturated heterocycles. The first-order chi connectivity index (χ1) is 13.6. The first-order valence-corrected chi connectivity index (χ1v) is 9.57. The van der Waals surface area contributed by atoms with Gasteiger partial charge in [-0.1, -0.05) is 29.8 Å². The third kappa shape index (κ3) is 5.49. The summed E-state index contributed by atoms with van der Waals surface area (Å²) < 4.78 is 13.6. The van der Waals surface area contributed by atoms with E-state index in [0.29, 0.717) is 17.7 Å². The standard InChI is InChI=1S/C22H24FN3O2/c23-19-9-5-4-8-18(19)15-26-21(27)17-11-13-24-20(14-17)22(28)25-12-10-16-6-2-1-3-7-16/h4-6,8-9,11,13-14H,1-3,7,10,12,15H2,(H,25,28)(H,26,27). The van der Waals surface area contributed by atoms with Crippen molar-refractivity contribution in [2.75, 3.05) is 6.54 Å². The molecule has 1 aromatic heterocycles. The van der Waals surface area contributed by atoms with Crippen LogP contribution in [-0.4, -0.2) is 23.3 Å². The summed E-state index contributed by atoms with van der Waals surface area (Å²) in [5.41, 5.74) is 2.29. The number of amides is 2. The van der Waals surface area contributed by atoms with Gasteiger partial charge in [0.1, 0.15) is 11.5 Å². The van der Waals surface area contributed by atoms with Gasteiger partial charge in [0.2, 0.25) is 0 Å². The van der Waals surface area contributed by atoms with E-state index in [2.05, 4.69) is 21.7 Å². The number of pyridine rings is 1. The minimum Gasteiger partial charge on any atom is -0.350 e. The molecule has 2 aromatic rings. The Hall–Kier alpha value is -3.02. The highest BCUT2D eigenvalue weighted by Crippen LogP contribution is 2.19. The second-order valence-corrected chi connectivity index (χ2v) is 6.82. The summed E-state index contributed by atoms with van der Waals surface area (Å²) in [6, 6.07) is 9.25. The molecular formula is C22H24FN3O2. The first-order valence-electron chi connectivity index (χ1n) is 9.57. The highest BCUT2D eigenvalue weighted by atomic mass is 19.1. The van der Waals surface area contributed by atoms with Crippen LogP contribution in [0.4, 0.5) is 4.39 Å². The van der Waals surface area contributed by atoms with Gasteiger partial charge < -0.3 is 10.6 Å². The van der Waals surface area contributed by atoms with Crippen molar-refractivity contribution in [2.24, 2.45) is 0 Å². The van der Waals surface area contributed by atoms with Crippen LogP contribution in [0.3, 0.4) is 0 Å². The number of allylic oxidation sites excluding steroid dienone is 1. The van der Waals surface area contributed by atoms with Crippen LogP contribution < -0.4 is 10.6 Å². The second-order valence-electron chi connectivity index (χ2n) is 6.82. The van der Waals surface area contributed by atoms with E-state index < -0.39 is 0 Å². The van der Waals surface area contributed by atoms with Gasteiger partial charge in [0, 0.05) is 30.4 Å². The van der Waals surface area contributed by atoms with Crippen molar-refractivity contribution >= 4 is 11.8 Å². The van der Waals surface area contributed by atoms with E-state index in [1.54, 1.807) is 18.2 Å². The molecule has 0 fully saturated rings. The number of halogens is 1. The largest absolute Gasteiger partial charge is 0.350 e. The molecule has 2 amide bonds. The lowest BCUT2D eigenvalue weighted by Gasteiger charge is -2.13. The minimum atomic E-state index is -0.382. The van der Waals surface area contributed by atoms with Crippen molar-refractivity contribution in [3.8, 4) is 0 Å². The van der Waals surface area contributed by atoms with Crippen LogP contribution in [0.2, 0.25) is 0 Å². The highest BCUT2D eigenvalue weighted by molar-refractivity contribution is 5.98. The maximum atomic E-state index is 13.6. The first kappa shape index (κ1) is 19.7. The van der Waals surface area contributed by atoms with E-state index in [-0.39, 0.29) is 29.9 Å². The average Bonchev–Trinajstić information content (AvgIpc) is 2.74. The van der Waals surface area contributed by atoms with E-state index in [9.17, 15) is 14.0 Å². The van der Waals surface area contributed by atoms with Crippen LogP contribution in [-0.2, 0) is 6.54 Å². The lowest BCUT2D eigenvalue weighted by Crippen LogP contribution is -2.27. The SMILES string of the molecule is O=C(NCc1ccccc1F)c1ccnc(C(=O)NCCC2=CCCCC2)c1. The van der Waals surface area contributed by atoms with Gasteiger partial charge in [-0.05, 0) is 50.3 Å². The Bertz CT molecular complexity index is 880. The molecule has 0 saturated carbocycles. The molecule has 0 aliphatic heterocycles. The van der Waals surface area contributed by atoms with E-state index in [0.717, 1.165) is 19.3 Å². The zero-order valence-corrected chi connectivity index (χ0v) is 15.7. The summed E-state index contributed by atoms with van der Waals surface area (Å²) in [6.45, 7) is 0.626. The van der Waals surface area contributed by atoms with Crippen LogP contribution in [0.15, 0.2) is 54.2 Å². The molecule has 1 aliphatic rings. The fraction of sp³-hybridized carbons (Fsp3) is 0.318. The predicted octanol–water partition coefficient (Wildman–Crippen LogP) is 3.77. The summed E-state index contributed by atoms with van der Waals surface area (Å²) >= 11 is 0. The zero-order valence-electron chi connectivity index (χ0n) is 15.7. The molecule has 3 rings (SSSR count). The lowest BCUT2D eigenvalue weighted by atomic mass is 9.97. The van der Waals surface area contributed by atoms with E-state index in [4.69, 9.17) is 0 Å². The molecule has 5 nitrogen and oxygen atoms in total. The third-order valence-corrected chi connectivity index (χ3v) is 4.77. The average molecular weight is 381 g/mol. The molecule has 1 aromatic carbocycles. The van der Waals surface area contributed by atoms with Gasteiger partial charge in [-0.3, -0.25) is 14.6 Å². The number of nitrogens with one attached hydrogen (secondary N) is 2. The summed E-state index contributed by atoms with van der Waals surface area (Å²) in [5, 5.41) is 5.52. The van der Waals surface area contributed by atoms with Crippen molar-refractivity contribution < 1.29 is 14.0 Å². The highest BCUT2D eigenvalue weighted by Gasteiger charge is 2.13. The van der Waals surface area contributed by atoms with Crippen molar-refractivity contribution in [1.82, 2.24) is 15.6 Å². The molecular weight excluding hydrogens is 357 g/mol. The molecule has 1 heterocycles. The molecule has 146 valence electrons. The second kappa shape index (κ2) is 9.78. The zero-order chi connectivity index (χ0) is 19.8. The lowest BCUT2D eigenvalue weighted by molar-refractivity contribution is 0.0949. The molecule has 0 unspecified atom stereocenters. The number of rotatable bonds is 7. The summed E-state index contributed by atoms with van der Waals surface area (Å²) in [6.07, 6.45) is 9.21. The van der Waals surface area contributed by atoms with Crippen LogP contribution in [0.25, 0.3) is 0 Å². The number of nitrogens with zero attached hydrogens (tertiary/aromatic N) is 1. The van der Waals surface area contributed by atoms with Crippen molar-refractivity contribution in [3.05, 3.63) is 76.9 Å². The molecule has 0 bridgehead atoms. The van der Waals surface area contributed by atoms with Crippen LogP contribution in [0, 0.1) is 5.82 Å². The number of carbonyl (C=O) groups is 2. The number of hydrogen-bond acceptors (Lipinski definition) is 3. The van der Waals surface area contributed by atoms with Gasteiger partial charge in [0.05, 0.1) is 0 Å². The molecule has 2 N–H and O–H groups in total. The molecule has 0 atom stereocenters. The Morgan fingerprint density at radius 1 is 1.07 bits per heavy atom. The summed E-state index contributed by atoms with van der Waals surface area (Å²) in [4.78, 5) is 28.7. The molecule has 6 heteroatoms. The maximum absolute atomic E-state index is 13.6. The molecule has 0 spiro atoms. The van der Waals surface area contributed by atoms with Gasteiger partial charge in [-0.15, -0.1) is 0 Å². The van der Waals surface area contributed by atoms with Crippen LogP contribution in [0.5, 0.6) is 0 Å². The smallest absolute Gasteiger partial charge is 0.269 e. The fourth-order valence-corrected chi connectivity index (χ4v) is 3.17. The van der Waals surface area contributed by atoms with Crippen molar-refractivity contribution in [1.29, 1.82) is 0 Å². The van der Waals surface area contributed by atoms with Crippen molar-refractivity contribution in [2.45, 2.75) is 38.6 Å². The predicted molar refractivity (Wildman–Crippen MR) is 105 cm³/mol. The Balaban J connectivity index is 1.53. The molecule has 28 heavy (non-hydrogen) atoms. The van der Waals surface area contributed by atoms with Gasteiger partial charge in [-0.25, -0.2) is 4.39 Å². The van der Waals surface area contributed by atoms with E-state index in [1.165, 1.54) is 42.8 Å². The van der Waals surface area contributed by atoms with Crippen molar-refractivity contribution in [3.63, 3.8) is 0 Å². The number of benzene rings is 1. The molecule has 0 radical (unpaired) electrons. The number of carbonyl (C=O) groups excluding carboxylic acids is 2. The van der Waals surface area contributed by atoms with Gasteiger partial charge in [0.25, 0.3) is 11.8 Å². The minimum absolute atomic E-state index is 0.0739. The van der Waals surface area contributed by atoms with Gasteiger partial charge >= 0.3 is 0 Å². The Kier molecular flexibility index (Phi) is 6.89. The Morgan fingerprint density at radius 3 is 2.71 bits per heavy atom. The quantitative estimate of drug-likeness (QED) is 0.717. The third-order valence-electron chi connectivity index (χ3n) is 4.77. The van der Waals surface area contributed by atoms with Gasteiger partial charge in [-0.2, -0.15) is 0 Å². The Morgan fingerprint density at radius 2 is 1.93 bits per heavy atom. The molecule has 1 aliphatic carbocycles.